The van der Waals surface area contributed by atoms with Crippen molar-refractivity contribution in [2.45, 2.75) is 38.8 Å². The van der Waals surface area contributed by atoms with E-state index in [0.717, 1.165) is 35.0 Å². The van der Waals surface area contributed by atoms with Crippen molar-refractivity contribution in [1.29, 1.82) is 0 Å². The van der Waals surface area contributed by atoms with E-state index in [1.54, 1.807) is 12.3 Å². The molecule has 1 atom stereocenters. The number of H-pyrrole nitrogens is 1. The lowest BCUT2D eigenvalue weighted by Crippen LogP contribution is -2.27. The number of carbonyl (C=O) groups is 1. The molecule has 0 unspecified atom stereocenters. The second kappa shape index (κ2) is 8.72. The lowest BCUT2D eigenvalue weighted by Gasteiger charge is -2.19. The fraction of sp³-hybridized carbons (Fsp3) is 0.348. The number of carbonyl (C=O) groups excluding carboxylic acids is 1. The van der Waals surface area contributed by atoms with E-state index in [1.807, 2.05) is 24.3 Å². The Morgan fingerprint density at radius 3 is 2.59 bits per heavy atom. The fourth-order valence-corrected chi connectivity index (χ4v) is 3.48. The molecule has 0 spiro atoms. The number of benzene rings is 2. The van der Waals surface area contributed by atoms with Gasteiger partial charge in [-0.25, -0.2) is 0 Å². The van der Waals surface area contributed by atoms with Gasteiger partial charge in [0.05, 0.1) is 5.56 Å². The summed E-state index contributed by atoms with van der Waals surface area (Å²) in [6, 6.07) is 12.8. The summed E-state index contributed by atoms with van der Waals surface area (Å²) in [7, 11) is 0. The molecule has 1 heterocycles. The van der Waals surface area contributed by atoms with Gasteiger partial charge in [0.2, 0.25) is 5.91 Å². The lowest BCUT2D eigenvalue weighted by molar-refractivity contribution is -0.137. The normalized spacial score (nSPS) is 13.0. The first-order valence-corrected chi connectivity index (χ1v) is 9.75. The number of alkyl halides is 3. The smallest absolute Gasteiger partial charge is 0.361 e. The van der Waals surface area contributed by atoms with Crippen LogP contribution in [0.2, 0.25) is 0 Å². The zero-order valence-corrected chi connectivity index (χ0v) is 16.5. The Kier molecular flexibility index (Phi) is 6.30. The van der Waals surface area contributed by atoms with Gasteiger partial charge in [-0.05, 0) is 35.6 Å². The largest absolute Gasteiger partial charge is 0.416 e. The summed E-state index contributed by atoms with van der Waals surface area (Å²) in [6.45, 7) is 4.70. The van der Waals surface area contributed by atoms with Crippen molar-refractivity contribution in [3.8, 4) is 0 Å². The molecule has 0 radical (unpaired) electrons. The number of hydrogen-bond acceptors (Lipinski definition) is 1. The highest BCUT2D eigenvalue weighted by Crippen LogP contribution is 2.36. The minimum absolute atomic E-state index is 0.0846. The maximum Gasteiger partial charge on any atom is 0.416 e. The molecule has 0 aliphatic heterocycles. The maximum absolute atomic E-state index is 13.2. The Labute approximate surface area is 168 Å². The van der Waals surface area contributed by atoms with Gasteiger partial charge in [0.15, 0.2) is 0 Å². The van der Waals surface area contributed by atoms with E-state index < -0.39 is 17.7 Å². The molecule has 154 valence electrons. The monoisotopic (exact) mass is 402 g/mol. The molecular formula is C23H25F3N2O. The molecule has 0 fully saturated rings. The third-order valence-electron chi connectivity index (χ3n) is 5.05. The first kappa shape index (κ1) is 21.0. The van der Waals surface area contributed by atoms with Gasteiger partial charge in [-0.3, -0.25) is 4.79 Å². The van der Waals surface area contributed by atoms with Crippen LogP contribution in [0.5, 0.6) is 0 Å². The highest BCUT2D eigenvalue weighted by atomic mass is 19.4. The van der Waals surface area contributed by atoms with E-state index in [0.29, 0.717) is 18.0 Å². The van der Waals surface area contributed by atoms with Crippen molar-refractivity contribution in [3.63, 3.8) is 0 Å². The van der Waals surface area contributed by atoms with Gasteiger partial charge in [-0.1, -0.05) is 50.2 Å². The quantitative estimate of drug-likeness (QED) is 0.510. The van der Waals surface area contributed by atoms with Crippen molar-refractivity contribution in [2.24, 2.45) is 5.92 Å². The Hall–Kier alpha value is -2.76. The zero-order chi connectivity index (χ0) is 21.0. The van der Waals surface area contributed by atoms with E-state index in [1.165, 1.54) is 6.07 Å². The van der Waals surface area contributed by atoms with E-state index in [-0.39, 0.29) is 12.3 Å². The molecule has 1 amide bonds. The number of aromatic amines is 1. The minimum atomic E-state index is -4.43. The first-order chi connectivity index (χ1) is 13.8. The Balaban J connectivity index is 1.95. The summed E-state index contributed by atoms with van der Waals surface area (Å²) in [6.07, 6.45) is -1.70. The third-order valence-corrected chi connectivity index (χ3v) is 5.05. The van der Waals surface area contributed by atoms with Crippen LogP contribution in [-0.2, 0) is 11.0 Å². The number of halogens is 3. The van der Waals surface area contributed by atoms with Crippen LogP contribution in [-0.4, -0.2) is 17.4 Å². The second-order valence-electron chi connectivity index (χ2n) is 7.70. The van der Waals surface area contributed by atoms with Crippen LogP contribution >= 0.6 is 0 Å². The fourth-order valence-electron chi connectivity index (χ4n) is 3.48. The number of nitrogens with one attached hydrogen (secondary N) is 2. The van der Waals surface area contributed by atoms with Gasteiger partial charge in [-0.15, -0.1) is 0 Å². The van der Waals surface area contributed by atoms with E-state index in [9.17, 15) is 18.0 Å². The molecule has 6 heteroatoms. The number of para-hydroxylation sites is 1. The minimum Gasteiger partial charge on any atom is -0.361 e. The van der Waals surface area contributed by atoms with Crippen LogP contribution in [0, 0.1) is 5.92 Å². The number of aromatic nitrogens is 1. The van der Waals surface area contributed by atoms with Gasteiger partial charge < -0.3 is 10.3 Å². The summed E-state index contributed by atoms with van der Waals surface area (Å²) >= 11 is 0. The molecule has 0 aliphatic carbocycles. The van der Waals surface area contributed by atoms with Gasteiger partial charge in [-0.2, -0.15) is 13.2 Å². The molecule has 3 nitrogen and oxygen atoms in total. The average Bonchev–Trinajstić information content (AvgIpc) is 3.09. The number of fused-ring (bicyclic) bond motifs is 1. The average molecular weight is 402 g/mol. The SMILES string of the molecule is CC(C)CCNC(=O)C[C@@H](c1cccc(C(F)(F)F)c1)c1c[nH]c2ccccc12. The Morgan fingerprint density at radius 2 is 1.86 bits per heavy atom. The van der Waals surface area contributed by atoms with Crippen LogP contribution in [0.1, 0.15) is 49.3 Å². The molecular weight excluding hydrogens is 377 g/mol. The molecule has 29 heavy (non-hydrogen) atoms. The van der Waals surface area contributed by atoms with Crippen molar-refractivity contribution in [2.75, 3.05) is 6.54 Å². The zero-order valence-electron chi connectivity index (χ0n) is 16.5. The van der Waals surface area contributed by atoms with E-state index in [4.69, 9.17) is 0 Å². The predicted octanol–water partition coefficient (Wildman–Crippen LogP) is 5.87. The number of rotatable bonds is 7. The number of hydrogen-bond donors (Lipinski definition) is 2. The molecule has 2 aromatic carbocycles. The molecule has 3 rings (SSSR count). The summed E-state index contributed by atoms with van der Waals surface area (Å²) in [5.74, 6) is -0.186. The summed E-state index contributed by atoms with van der Waals surface area (Å²) < 4.78 is 39.7. The van der Waals surface area contributed by atoms with Gasteiger partial charge in [0.25, 0.3) is 0 Å². The molecule has 0 bridgehead atoms. The van der Waals surface area contributed by atoms with Crippen molar-refractivity contribution >= 4 is 16.8 Å². The predicted molar refractivity (Wildman–Crippen MR) is 109 cm³/mol. The van der Waals surface area contributed by atoms with Gasteiger partial charge >= 0.3 is 6.18 Å². The van der Waals surface area contributed by atoms with Crippen molar-refractivity contribution in [1.82, 2.24) is 10.3 Å². The summed E-state index contributed by atoms with van der Waals surface area (Å²) in [5, 5.41) is 3.81. The van der Waals surface area contributed by atoms with E-state index >= 15 is 0 Å². The van der Waals surface area contributed by atoms with Crippen molar-refractivity contribution < 1.29 is 18.0 Å². The molecule has 2 N–H and O–H groups in total. The van der Waals surface area contributed by atoms with Crippen LogP contribution in [0.25, 0.3) is 10.9 Å². The van der Waals surface area contributed by atoms with Crippen LogP contribution in [0.4, 0.5) is 13.2 Å². The summed E-state index contributed by atoms with van der Waals surface area (Å²) in [4.78, 5) is 15.7. The highest BCUT2D eigenvalue weighted by molar-refractivity contribution is 5.86. The second-order valence-corrected chi connectivity index (χ2v) is 7.70. The van der Waals surface area contributed by atoms with E-state index in [2.05, 4.69) is 24.1 Å². The van der Waals surface area contributed by atoms with Crippen LogP contribution in [0.15, 0.2) is 54.7 Å². The Bertz CT molecular complexity index is 975. The maximum atomic E-state index is 13.2. The van der Waals surface area contributed by atoms with Gasteiger partial charge in [0.1, 0.15) is 0 Å². The highest BCUT2D eigenvalue weighted by Gasteiger charge is 2.31. The molecule has 1 aromatic heterocycles. The van der Waals surface area contributed by atoms with Crippen molar-refractivity contribution in [3.05, 3.63) is 71.4 Å². The Morgan fingerprint density at radius 1 is 1.10 bits per heavy atom. The standard InChI is InChI=1S/C23H25F3N2O/c1-15(2)10-11-27-22(29)13-19(16-6-5-7-17(12-16)23(24,25)26)20-14-28-21-9-4-3-8-18(20)21/h3-9,12,14-15,19,28H,10-11,13H2,1-2H3,(H,27,29)/t19-/m0/s1. The first-order valence-electron chi connectivity index (χ1n) is 9.75. The molecule has 0 saturated heterocycles. The molecule has 0 saturated carbocycles. The molecule has 0 aliphatic rings. The number of amides is 1. The van der Waals surface area contributed by atoms with Crippen LogP contribution in [0.3, 0.4) is 0 Å². The topological polar surface area (TPSA) is 44.9 Å². The van der Waals surface area contributed by atoms with Crippen LogP contribution < -0.4 is 5.32 Å². The summed E-state index contributed by atoms with van der Waals surface area (Å²) in [5.41, 5.74) is 1.47. The third kappa shape index (κ3) is 5.19. The lowest BCUT2D eigenvalue weighted by atomic mass is 9.87. The van der Waals surface area contributed by atoms with Gasteiger partial charge in [0, 0.05) is 36.0 Å². The molecule has 3 aromatic rings.